The van der Waals surface area contributed by atoms with Crippen molar-refractivity contribution in [1.82, 2.24) is 18.9 Å². The highest BCUT2D eigenvalue weighted by atomic mass is 32.2. The lowest BCUT2D eigenvalue weighted by atomic mass is 10.2. The second-order valence-corrected chi connectivity index (χ2v) is 12.9. The quantitative estimate of drug-likeness (QED) is 0.212. The van der Waals surface area contributed by atoms with Gasteiger partial charge in [0.15, 0.2) is 5.88 Å². The highest BCUT2D eigenvalue weighted by Crippen LogP contribution is 2.37. The Morgan fingerprint density at radius 2 is 1.92 bits per heavy atom. The Kier molecular flexibility index (Phi) is 7.09. The Hall–Kier alpha value is -3.53. The number of carbonyl (C=O) groups is 1. The van der Waals surface area contributed by atoms with Gasteiger partial charge >= 0.3 is 5.97 Å². The van der Waals surface area contributed by atoms with Crippen LogP contribution in [0.15, 0.2) is 34.7 Å². The number of aryl methyl sites for hydroxylation is 1. The first kappa shape index (κ1) is 27.1. The van der Waals surface area contributed by atoms with Crippen molar-refractivity contribution in [3.63, 3.8) is 0 Å². The lowest BCUT2D eigenvalue weighted by Crippen LogP contribution is -2.20. The molecule has 10 heteroatoms. The fraction of sp³-hybridized carbons (Fsp3) is 0.448. The molecule has 1 atom stereocenters. The predicted octanol–water partition coefficient (Wildman–Crippen LogP) is 5.53. The summed E-state index contributed by atoms with van der Waals surface area (Å²) in [5, 5.41) is 0.995. The van der Waals surface area contributed by atoms with Crippen LogP contribution in [0.1, 0.15) is 69.2 Å². The van der Waals surface area contributed by atoms with Gasteiger partial charge in [0.2, 0.25) is 0 Å². The number of aromatic nitrogens is 4. The monoisotopic (exact) mass is 549 g/mol. The van der Waals surface area contributed by atoms with E-state index in [1.54, 1.807) is 26.2 Å². The molecule has 39 heavy (non-hydrogen) atoms. The van der Waals surface area contributed by atoms with Crippen LogP contribution in [0.5, 0.6) is 5.88 Å². The van der Waals surface area contributed by atoms with Gasteiger partial charge in [-0.05, 0) is 84.6 Å². The maximum atomic E-state index is 12.6. The summed E-state index contributed by atoms with van der Waals surface area (Å²) in [5.74, 6) is 0.690. The topological polar surface area (TPSA) is 100 Å². The van der Waals surface area contributed by atoms with Crippen LogP contribution >= 0.6 is 0 Å². The zero-order valence-electron chi connectivity index (χ0n) is 23.6. The van der Waals surface area contributed by atoms with E-state index in [4.69, 9.17) is 19.4 Å². The number of hydrogen-bond acceptors (Lipinski definition) is 6. The van der Waals surface area contributed by atoms with Crippen molar-refractivity contribution in [2.45, 2.75) is 65.7 Å². The number of fused-ring (bicyclic) bond motifs is 2. The molecule has 5 rings (SSSR count). The van der Waals surface area contributed by atoms with E-state index in [0.717, 1.165) is 34.7 Å². The number of imidazole rings is 1. The number of methoxy groups -OCH3 is 1. The summed E-state index contributed by atoms with van der Waals surface area (Å²) < 4.78 is 31.6. The highest BCUT2D eigenvalue weighted by Gasteiger charge is 2.27. The molecule has 4 aromatic rings. The second-order valence-electron chi connectivity index (χ2n) is 11.0. The van der Waals surface area contributed by atoms with E-state index in [0.29, 0.717) is 34.4 Å². The van der Waals surface area contributed by atoms with E-state index in [9.17, 15) is 9.00 Å². The second kappa shape index (κ2) is 10.2. The Morgan fingerprint density at radius 3 is 2.56 bits per heavy atom. The van der Waals surface area contributed by atoms with Crippen molar-refractivity contribution in [1.29, 1.82) is 0 Å². The Morgan fingerprint density at radius 1 is 1.18 bits per heavy atom. The first-order chi connectivity index (χ1) is 18.5. The van der Waals surface area contributed by atoms with Gasteiger partial charge in [-0.1, -0.05) is 0 Å². The van der Waals surface area contributed by atoms with Crippen LogP contribution in [0.2, 0.25) is 0 Å². The van der Waals surface area contributed by atoms with Crippen LogP contribution in [0.25, 0.3) is 28.1 Å². The highest BCUT2D eigenvalue weighted by molar-refractivity contribution is 7.85. The van der Waals surface area contributed by atoms with Gasteiger partial charge in [-0.2, -0.15) is 4.40 Å². The number of nitrogens with zero attached hydrogens (tertiary/aromatic N) is 5. The van der Waals surface area contributed by atoms with Gasteiger partial charge in [0.05, 0.1) is 46.8 Å². The number of esters is 1. The summed E-state index contributed by atoms with van der Waals surface area (Å²) in [4.78, 5) is 22.4. The zero-order valence-corrected chi connectivity index (χ0v) is 24.4. The van der Waals surface area contributed by atoms with Crippen molar-refractivity contribution in [2.24, 2.45) is 10.3 Å². The maximum Gasteiger partial charge on any atom is 0.338 e. The number of ether oxygens (including phenoxy) is 2. The molecule has 0 saturated heterocycles. The Labute approximate surface area is 230 Å². The summed E-state index contributed by atoms with van der Waals surface area (Å²) in [6.07, 6.45) is 2.37. The van der Waals surface area contributed by atoms with E-state index in [1.165, 1.54) is 12.8 Å². The van der Waals surface area contributed by atoms with Gasteiger partial charge in [-0.15, -0.1) is 0 Å². The van der Waals surface area contributed by atoms with Crippen molar-refractivity contribution in [2.75, 3.05) is 13.7 Å². The molecule has 0 aromatic carbocycles. The van der Waals surface area contributed by atoms with Gasteiger partial charge in [0, 0.05) is 18.0 Å². The van der Waals surface area contributed by atoms with Gasteiger partial charge in [-0.3, -0.25) is 4.40 Å². The Balaban J connectivity index is 1.66. The predicted molar refractivity (Wildman–Crippen MR) is 154 cm³/mol. The van der Waals surface area contributed by atoms with E-state index >= 15 is 0 Å². The van der Waals surface area contributed by atoms with Gasteiger partial charge in [0.25, 0.3) is 0 Å². The molecule has 0 bridgehead atoms. The van der Waals surface area contributed by atoms with E-state index in [1.807, 2.05) is 51.2 Å². The third-order valence-corrected chi connectivity index (χ3v) is 8.36. The van der Waals surface area contributed by atoms with E-state index < -0.39 is 21.7 Å². The molecular weight excluding hydrogens is 514 g/mol. The molecule has 1 aliphatic carbocycles. The largest absolute Gasteiger partial charge is 0.482 e. The first-order valence-electron chi connectivity index (χ1n) is 13.2. The molecule has 0 aliphatic heterocycles. The molecule has 0 amide bonds. The first-order valence-corrected chi connectivity index (χ1v) is 14.3. The molecule has 0 radical (unpaired) electrons. The standard InChI is InChI=1S/C29H35N5O4S/c1-8-38-28(35)21-14-24-31-26(18(3)34(24)25(15-21)37-7)23-13-20-11-12-22(17(2)32-39(36)29(4,5)6)30-27(20)33(23)16-19-9-10-19/h11-15,19H,8-10,16H2,1-7H3/t39-/m0/s1. The zero-order chi connectivity index (χ0) is 28.1. The van der Waals surface area contributed by atoms with Crippen LogP contribution in [-0.4, -0.2) is 53.3 Å². The summed E-state index contributed by atoms with van der Waals surface area (Å²) in [7, 11) is 0.209. The molecule has 1 aliphatic rings. The fourth-order valence-corrected chi connectivity index (χ4v) is 5.19. The molecule has 4 aromatic heterocycles. The smallest absolute Gasteiger partial charge is 0.338 e. The molecule has 0 unspecified atom stereocenters. The third-order valence-electron chi connectivity index (χ3n) is 6.88. The van der Waals surface area contributed by atoms with Crippen molar-refractivity contribution < 1.29 is 18.5 Å². The van der Waals surface area contributed by atoms with Gasteiger partial charge in [0.1, 0.15) is 28.0 Å². The SMILES string of the molecule is CCOC(=O)c1cc(OC)n2c(C)c(-c3cc4ccc(C(C)=N[S@@](=O)C(C)(C)C)nc4n3CC3CC3)nc2c1. The summed E-state index contributed by atoms with van der Waals surface area (Å²) >= 11 is 0. The van der Waals surface area contributed by atoms with E-state index in [-0.39, 0.29) is 6.61 Å². The average molecular weight is 550 g/mol. The van der Waals surface area contributed by atoms with Gasteiger partial charge in [-0.25, -0.2) is 19.0 Å². The molecule has 0 N–H and O–H groups in total. The van der Waals surface area contributed by atoms with Crippen molar-refractivity contribution in [3.8, 4) is 17.3 Å². The maximum absolute atomic E-state index is 12.6. The van der Waals surface area contributed by atoms with Gasteiger partial charge < -0.3 is 14.0 Å². The minimum absolute atomic E-state index is 0.289. The third kappa shape index (κ3) is 5.22. The fourth-order valence-electron chi connectivity index (χ4n) is 4.58. The van der Waals surface area contributed by atoms with Crippen molar-refractivity contribution >= 4 is 39.3 Å². The number of rotatable bonds is 8. The summed E-state index contributed by atoms with van der Waals surface area (Å²) in [5.41, 5.74) is 5.85. The molecule has 206 valence electrons. The van der Waals surface area contributed by atoms with Crippen LogP contribution in [0.4, 0.5) is 0 Å². The van der Waals surface area contributed by atoms with Crippen LogP contribution in [0.3, 0.4) is 0 Å². The number of hydrogen-bond donors (Lipinski definition) is 0. The molecule has 0 spiro atoms. The minimum atomic E-state index is -1.37. The lowest BCUT2D eigenvalue weighted by molar-refractivity contribution is 0.0526. The molecule has 4 heterocycles. The average Bonchev–Trinajstić information content (AvgIpc) is 3.56. The van der Waals surface area contributed by atoms with Crippen LogP contribution < -0.4 is 4.74 Å². The molecular formula is C29H35N5O4S. The lowest BCUT2D eigenvalue weighted by Gasteiger charge is -2.14. The number of carbonyl (C=O) groups excluding carboxylic acids is 1. The minimum Gasteiger partial charge on any atom is -0.482 e. The van der Waals surface area contributed by atoms with Crippen molar-refractivity contribution in [3.05, 3.63) is 47.3 Å². The summed E-state index contributed by atoms with van der Waals surface area (Å²) in [6, 6.07) is 9.49. The summed E-state index contributed by atoms with van der Waals surface area (Å²) in [6.45, 7) is 12.5. The normalized spacial score (nSPS) is 15.2. The molecule has 9 nitrogen and oxygen atoms in total. The van der Waals surface area contributed by atoms with Crippen LogP contribution in [-0.2, 0) is 22.3 Å². The number of pyridine rings is 2. The van der Waals surface area contributed by atoms with Crippen LogP contribution in [0, 0.1) is 12.8 Å². The Bertz CT molecular complexity index is 1640. The molecule has 1 fully saturated rings. The van der Waals surface area contributed by atoms with E-state index in [2.05, 4.69) is 15.0 Å². The molecule has 1 saturated carbocycles.